The number of hydrogen-bond donors (Lipinski definition) is 2. The lowest BCUT2D eigenvalue weighted by molar-refractivity contribution is -0.132. The quantitative estimate of drug-likeness (QED) is 0.624. The van der Waals surface area contributed by atoms with Crippen LogP contribution in [0.1, 0.15) is 19.8 Å². The third-order valence-corrected chi connectivity index (χ3v) is 3.87. The number of aromatic nitrogens is 1. The molecule has 0 aromatic carbocycles. The maximum Gasteiger partial charge on any atom is 0.390 e. The lowest BCUT2D eigenvalue weighted by Crippen LogP contribution is -2.44. The molecule has 0 amide bonds. The number of anilines is 1. The van der Waals surface area contributed by atoms with E-state index in [0.717, 1.165) is 18.8 Å². The van der Waals surface area contributed by atoms with Gasteiger partial charge >= 0.3 is 6.18 Å². The molecule has 24 heavy (non-hydrogen) atoms. The molecule has 9 heteroatoms. The molecule has 0 aliphatic carbocycles. The topological polar surface area (TPSA) is 52.6 Å². The smallest absolute Gasteiger partial charge is 0.357 e. The molecule has 1 unspecified atom stereocenters. The van der Waals surface area contributed by atoms with Crippen molar-refractivity contribution in [3.8, 4) is 0 Å². The summed E-state index contributed by atoms with van der Waals surface area (Å²) in [7, 11) is 0. The fraction of sp³-hybridized carbons (Fsp3) is 0.600. The zero-order chi connectivity index (χ0) is 17.6. The van der Waals surface area contributed by atoms with Crippen LogP contribution in [0.2, 0.25) is 5.02 Å². The van der Waals surface area contributed by atoms with Crippen molar-refractivity contribution < 1.29 is 13.2 Å². The second-order valence-electron chi connectivity index (χ2n) is 5.51. The van der Waals surface area contributed by atoms with Gasteiger partial charge in [0.25, 0.3) is 0 Å². The van der Waals surface area contributed by atoms with E-state index in [-0.39, 0.29) is 12.6 Å². The standard InChI is InChI=1S/C15H21ClF3N5/c1-2-20-14(22-8-6-15(17,18)19)23-11-5-9-24(10-11)13-12(16)4-3-7-21-13/h3-4,7,11H,2,5-6,8-10H2,1H3,(H2,20,22,23). The number of alkyl halides is 3. The highest BCUT2D eigenvalue weighted by atomic mass is 35.5. The molecule has 2 rings (SSSR count). The molecule has 1 aliphatic rings. The molecular weight excluding hydrogens is 343 g/mol. The Morgan fingerprint density at radius 2 is 2.29 bits per heavy atom. The first-order valence-corrected chi connectivity index (χ1v) is 8.24. The maximum atomic E-state index is 12.2. The van der Waals surface area contributed by atoms with Crippen LogP contribution in [-0.4, -0.2) is 49.3 Å². The van der Waals surface area contributed by atoms with E-state index in [0.29, 0.717) is 24.1 Å². The van der Waals surface area contributed by atoms with Crippen molar-refractivity contribution in [2.24, 2.45) is 4.99 Å². The lowest BCUT2D eigenvalue weighted by atomic mass is 10.3. The van der Waals surface area contributed by atoms with Crippen molar-refractivity contribution in [3.63, 3.8) is 0 Å². The Morgan fingerprint density at radius 1 is 1.50 bits per heavy atom. The van der Waals surface area contributed by atoms with Gasteiger partial charge in [-0.1, -0.05) is 11.6 Å². The minimum absolute atomic E-state index is 0.0757. The molecule has 1 aromatic rings. The minimum Gasteiger partial charge on any atom is -0.357 e. The minimum atomic E-state index is -4.19. The molecular formula is C15H21ClF3N5. The number of pyridine rings is 1. The number of rotatable bonds is 5. The summed E-state index contributed by atoms with van der Waals surface area (Å²) in [5.74, 6) is 1.13. The van der Waals surface area contributed by atoms with Gasteiger partial charge in [0.05, 0.1) is 18.0 Å². The Bertz CT molecular complexity index is 564. The van der Waals surface area contributed by atoms with Crippen LogP contribution >= 0.6 is 11.6 Å². The van der Waals surface area contributed by atoms with E-state index in [9.17, 15) is 13.2 Å². The second-order valence-corrected chi connectivity index (χ2v) is 5.92. The van der Waals surface area contributed by atoms with Crippen LogP contribution < -0.4 is 15.5 Å². The predicted octanol–water partition coefficient (Wildman–Crippen LogP) is 2.82. The van der Waals surface area contributed by atoms with Crippen molar-refractivity contribution in [1.82, 2.24) is 15.6 Å². The molecule has 1 aliphatic heterocycles. The van der Waals surface area contributed by atoms with Crippen LogP contribution in [0.15, 0.2) is 23.3 Å². The number of nitrogens with zero attached hydrogens (tertiary/aromatic N) is 3. The second kappa shape index (κ2) is 8.41. The van der Waals surface area contributed by atoms with Gasteiger partial charge in [-0.25, -0.2) is 4.98 Å². The van der Waals surface area contributed by atoms with Crippen LogP contribution in [0.3, 0.4) is 0 Å². The van der Waals surface area contributed by atoms with Crippen molar-refractivity contribution in [3.05, 3.63) is 23.4 Å². The molecule has 0 bridgehead atoms. The van der Waals surface area contributed by atoms with Crippen molar-refractivity contribution >= 4 is 23.4 Å². The number of hydrogen-bond acceptors (Lipinski definition) is 3. The molecule has 1 aromatic heterocycles. The van der Waals surface area contributed by atoms with Crippen molar-refractivity contribution in [1.29, 1.82) is 0 Å². The van der Waals surface area contributed by atoms with Gasteiger partial charge in [0.1, 0.15) is 5.82 Å². The summed E-state index contributed by atoms with van der Waals surface area (Å²) in [6.45, 7) is 3.61. The number of nitrogens with one attached hydrogen (secondary N) is 2. The zero-order valence-corrected chi connectivity index (χ0v) is 14.2. The monoisotopic (exact) mass is 363 g/mol. The van der Waals surface area contributed by atoms with Crippen molar-refractivity contribution in [2.45, 2.75) is 32.0 Å². The first-order chi connectivity index (χ1) is 11.4. The third kappa shape index (κ3) is 5.74. The summed E-state index contributed by atoms with van der Waals surface area (Å²) in [4.78, 5) is 10.3. The first kappa shape index (κ1) is 18.6. The van der Waals surface area contributed by atoms with Gasteiger partial charge in [0, 0.05) is 31.9 Å². The van der Waals surface area contributed by atoms with E-state index in [2.05, 4.69) is 25.5 Å². The molecule has 0 radical (unpaired) electrons. The molecule has 2 heterocycles. The third-order valence-electron chi connectivity index (χ3n) is 3.58. The van der Waals surface area contributed by atoms with Crippen LogP contribution in [-0.2, 0) is 0 Å². The van der Waals surface area contributed by atoms with E-state index in [4.69, 9.17) is 11.6 Å². The molecule has 0 spiro atoms. The van der Waals surface area contributed by atoms with Crippen LogP contribution in [0.4, 0.5) is 19.0 Å². The zero-order valence-electron chi connectivity index (χ0n) is 13.4. The SMILES string of the molecule is CCNC(=NCCC(F)(F)F)NC1CCN(c2ncccc2Cl)C1. The van der Waals surface area contributed by atoms with E-state index < -0.39 is 12.6 Å². The van der Waals surface area contributed by atoms with Crippen LogP contribution in [0, 0.1) is 0 Å². The molecule has 5 nitrogen and oxygen atoms in total. The Hall–Kier alpha value is -1.70. The fourth-order valence-corrected chi connectivity index (χ4v) is 2.73. The van der Waals surface area contributed by atoms with Gasteiger partial charge in [-0.2, -0.15) is 13.2 Å². The van der Waals surface area contributed by atoms with Gasteiger partial charge in [0.15, 0.2) is 5.96 Å². The molecule has 1 atom stereocenters. The highest BCUT2D eigenvalue weighted by molar-refractivity contribution is 6.32. The Balaban J connectivity index is 1.91. The summed E-state index contributed by atoms with van der Waals surface area (Å²) in [6.07, 6.45) is -2.61. The van der Waals surface area contributed by atoms with Gasteiger partial charge in [-0.05, 0) is 25.5 Å². The molecule has 0 saturated carbocycles. The van der Waals surface area contributed by atoms with Crippen LogP contribution in [0.25, 0.3) is 0 Å². The van der Waals surface area contributed by atoms with Gasteiger partial charge < -0.3 is 15.5 Å². The summed E-state index contributed by atoms with van der Waals surface area (Å²) in [5.41, 5.74) is 0. The maximum absolute atomic E-state index is 12.2. The van der Waals surface area contributed by atoms with Crippen molar-refractivity contribution in [2.75, 3.05) is 31.1 Å². The van der Waals surface area contributed by atoms with Gasteiger partial charge in [0.2, 0.25) is 0 Å². The summed E-state index contributed by atoms with van der Waals surface area (Å²) in [5, 5.41) is 6.74. The molecule has 134 valence electrons. The summed E-state index contributed by atoms with van der Waals surface area (Å²) >= 11 is 6.15. The van der Waals surface area contributed by atoms with E-state index in [1.165, 1.54) is 0 Å². The first-order valence-electron chi connectivity index (χ1n) is 7.86. The lowest BCUT2D eigenvalue weighted by Gasteiger charge is -2.20. The molecule has 2 N–H and O–H groups in total. The molecule has 1 fully saturated rings. The normalized spacial score (nSPS) is 18.8. The van der Waals surface area contributed by atoms with E-state index in [1.807, 2.05) is 6.92 Å². The van der Waals surface area contributed by atoms with E-state index in [1.54, 1.807) is 18.3 Å². The molecule has 1 saturated heterocycles. The number of aliphatic imine (C=N–C) groups is 1. The average molecular weight is 364 g/mol. The largest absolute Gasteiger partial charge is 0.390 e. The summed E-state index contributed by atoms with van der Waals surface area (Å²) in [6, 6.07) is 3.63. The highest BCUT2D eigenvalue weighted by Crippen LogP contribution is 2.25. The Morgan fingerprint density at radius 3 is 2.96 bits per heavy atom. The predicted molar refractivity (Wildman–Crippen MR) is 89.7 cm³/mol. The van der Waals surface area contributed by atoms with E-state index >= 15 is 0 Å². The highest BCUT2D eigenvalue weighted by Gasteiger charge is 2.27. The van der Waals surface area contributed by atoms with Gasteiger partial charge in [-0.3, -0.25) is 4.99 Å². The fourth-order valence-electron chi connectivity index (χ4n) is 2.49. The Kier molecular flexibility index (Phi) is 6.53. The van der Waals surface area contributed by atoms with Gasteiger partial charge in [-0.15, -0.1) is 0 Å². The average Bonchev–Trinajstić information content (AvgIpc) is 2.95. The summed E-state index contributed by atoms with van der Waals surface area (Å²) < 4.78 is 36.7. The number of halogens is 4. The number of guanidine groups is 1. The van der Waals surface area contributed by atoms with Crippen LogP contribution in [0.5, 0.6) is 0 Å². The Labute approximate surface area is 144 Å².